The fourth-order valence-electron chi connectivity index (χ4n) is 3.28. The number of ether oxygens (including phenoxy) is 4. The van der Waals surface area contributed by atoms with E-state index in [0.29, 0.717) is 39.8 Å². The molecule has 1 aromatic heterocycles. The monoisotopic (exact) mass is 420 g/mol. The summed E-state index contributed by atoms with van der Waals surface area (Å²) in [6, 6.07) is 12.9. The average molecular weight is 420 g/mol. The number of aromatic nitrogens is 1. The third-order valence-electron chi connectivity index (χ3n) is 4.73. The van der Waals surface area contributed by atoms with Crippen LogP contribution in [0.25, 0.3) is 17.3 Å². The number of cyclic esters (lactones) is 1. The molecule has 0 radical (unpaired) electrons. The number of esters is 1. The largest absolute Gasteiger partial charge is 0.493 e. The van der Waals surface area contributed by atoms with Crippen molar-refractivity contribution in [3.8, 4) is 28.5 Å². The molecule has 1 aliphatic heterocycles. The minimum Gasteiger partial charge on any atom is -0.493 e. The normalized spacial score (nSPS) is 14.4. The number of carbonyl (C=O) groups excluding carboxylic acids is 1. The highest BCUT2D eigenvalue weighted by molar-refractivity contribution is 6.15. The van der Waals surface area contributed by atoms with Gasteiger partial charge in [-0.05, 0) is 30.7 Å². The molecule has 3 aromatic rings. The summed E-state index contributed by atoms with van der Waals surface area (Å²) in [4.78, 5) is 16.9. The Kier molecular flexibility index (Phi) is 5.44. The molecule has 0 bridgehead atoms. The maximum atomic E-state index is 12.5. The summed E-state index contributed by atoms with van der Waals surface area (Å²) in [5.74, 6) is 1.44. The highest BCUT2D eigenvalue weighted by Gasteiger charge is 2.30. The van der Waals surface area contributed by atoms with Gasteiger partial charge in [0.15, 0.2) is 17.2 Å². The van der Waals surface area contributed by atoms with Crippen LogP contribution < -0.4 is 14.2 Å². The van der Waals surface area contributed by atoms with E-state index in [1.807, 2.05) is 30.3 Å². The van der Waals surface area contributed by atoms with Crippen LogP contribution in [0.15, 0.2) is 57.7 Å². The van der Waals surface area contributed by atoms with E-state index in [9.17, 15) is 4.79 Å². The number of aliphatic imine (C=N–C) groups is 1. The summed E-state index contributed by atoms with van der Waals surface area (Å²) < 4.78 is 26.9. The van der Waals surface area contributed by atoms with Gasteiger partial charge in [-0.1, -0.05) is 35.5 Å². The van der Waals surface area contributed by atoms with Crippen molar-refractivity contribution in [2.45, 2.75) is 6.92 Å². The summed E-state index contributed by atoms with van der Waals surface area (Å²) >= 11 is 0. The second-order valence-corrected chi connectivity index (χ2v) is 6.62. The van der Waals surface area contributed by atoms with Gasteiger partial charge in [-0.25, -0.2) is 9.79 Å². The minimum atomic E-state index is -0.580. The van der Waals surface area contributed by atoms with Gasteiger partial charge in [0.25, 0.3) is 0 Å². The molecule has 8 nitrogen and oxygen atoms in total. The molecule has 0 saturated carbocycles. The van der Waals surface area contributed by atoms with Crippen LogP contribution in [0.1, 0.15) is 16.9 Å². The molecule has 0 unspecified atom stereocenters. The third-order valence-corrected chi connectivity index (χ3v) is 4.73. The second kappa shape index (κ2) is 8.35. The Balaban J connectivity index is 1.76. The lowest BCUT2D eigenvalue weighted by Crippen LogP contribution is -2.07. The third kappa shape index (κ3) is 3.75. The molecule has 0 fully saturated rings. The molecule has 0 spiro atoms. The summed E-state index contributed by atoms with van der Waals surface area (Å²) in [6.45, 7) is 1.74. The number of benzene rings is 2. The molecule has 2 aromatic carbocycles. The Morgan fingerprint density at radius 3 is 2.26 bits per heavy atom. The molecule has 158 valence electrons. The molecule has 4 rings (SSSR count). The zero-order valence-corrected chi connectivity index (χ0v) is 17.5. The van der Waals surface area contributed by atoms with Crippen molar-refractivity contribution in [1.29, 1.82) is 0 Å². The lowest BCUT2D eigenvalue weighted by atomic mass is 10.1. The van der Waals surface area contributed by atoms with E-state index in [2.05, 4.69) is 10.1 Å². The maximum Gasteiger partial charge on any atom is 0.363 e. The van der Waals surface area contributed by atoms with Gasteiger partial charge in [0, 0.05) is 5.56 Å². The van der Waals surface area contributed by atoms with E-state index in [0.717, 1.165) is 5.56 Å². The standard InChI is InChI=1S/C23H20N2O6/c1-13-19(20(25-31-13)15-8-6-5-7-9-15)22-24-16(23(26)30-22)10-14-11-17(27-2)21(29-4)18(12-14)28-3/h5-12H,1-4H3. The lowest BCUT2D eigenvalue weighted by Gasteiger charge is -2.12. The van der Waals surface area contributed by atoms with Gasteiger partial charge in [0.05, 0.1) is 21.3 Å². The topological polar surface area (TPSA) is 92.4 Å². The van der Waals surface area contributed by atoms with Crippen LogP contribution in [0.4, 0.5) is 0 Å². The van der Waals surface area contributed by atoms with Crippen LogP contribution >= 0.6 is 0 Å². The van der Waals surface area contributed by atoms with E-state index in [1.54, 1.807) is 25.1 Å². The summed E-state index contributed by atoms with van der Waals surface area (Å²) in [5, 5.41) is 4.12. The van der Waals surface area contributed by atoms with Crippen LogP contribution in [-0.2, 0) is 9.53 Å². The first-order valence-electron chi connectivity index (χ1n) is 9.40. The first-order chi connectivity index (χ1) is 15.0. The predicted molar refractivity (Wildman–Crippen MR) is 113 cm³/mol. The second-order valence-electron chi connectivity index (χ2n) is 6.62. The quantitative estimate of drug-likeness (QED) is 0.439. The summed E-state index contributed by atoms with van der Waals surface area (Å²) in [5.41, 5.74) is 2.68. The van der Waals surface area contributed by atoms with Crippen molar-refractivity contribution >= 4 is 17.9 Å². The highest BCUT2D eigenvalue weighted by Crippen LogP contribution is 2.39. The Bertz CT molecular complexity index is 1170. The van der Waals surface area contributed by atoms with E-state index in [4.69, 9.17) is 23.5 Å². The molecule has 0 amide bonds. The number of hydrogen-bond acceptors (Lipinski definition) is 8. The SMILES string of the molecule is COc1cc(C=C2N=C(c3c(-c4ccccc4)noc3C)OC2=O)cc(OC)c1OC. The van der Waals surface area contributed by atoms with Crippen LogP contribution in [0.2, 0.25) is 0 Å². The van der Waals surface area contributed by atoms with Crippen LogP contribution in [-0.4, -0.2) is 38.4 Å². The van der Waals surface area contributed by atoms with Gasteiger partial charge in [0.2, 0.25) is 11.6 Å². The van der Waals surface area contributed by atoms with Gasteiger partial charge >= 0.3 is 5.97 Å². The van der Waals surface area contributed by atoms with Crippen molar-refractivity contribution in [1.82, 2.24) is 5.16 Å². The first-order valence-corrected chi connectivity index (χ1v) is 9.40. The van der Waals surface area contributed by atoms with E-state index in [-0.39, 0.29) is 11.6 Å². The molecule has 31 heavy (non-hydrogen) atoms. The van der Waals surface area contributed by atoms with Gasteiger partial charge < -0.3 is 23.5 Å². The van der Waals surface area contributed by atoms with E-state index in [1.165, 1.54) is 21.3 Å². The lowest BCUT2D eigenvalue weighted by molar-refractivity contribution is -0.129. The molecule has 0 saturated heterocycles. The number of rotatable bonds is 6. The molecule has 1 aliphatic rings. The zero-order chi connectivity index (χ0) is 22.0. The zero-order valence-electron chi connectivity index (χ0n) is 17.5. The number of aryl methyl sites for hydroxylation is 1. The van der Waals surface area contributed by atoms with Gasteiger partial charge in [0.1, 0.15) is 17.0 Å². The van der Waals surface area contributed by atoms with Crippen LogP contribution in [0.3, 0.4) is 0 Å². The smallest absolute Gasteiger partial charge is 0.363 e. The summed E-state index contributed by atoms with van der Waals surface area (Å²) in [7, 11) is 4.57. The van der Waals surface area contributed by atoms with Crippen molar-refractivity contribution in [3.05, 3.63) is 65.0 Å². The van der Waals surface area contributed by atoms with Crippen molar-refractivity contribution < 1.29 is 28.3 Å². The predicted octanol–water partition coefficient (Wildman–Crippen LogP) is 4.02. The van der Waals surface area contributed by atoms with Crippen molar-refractivity contribution in [3.63, 3.8) is 0 Å². The molecule has 0 aliphatic carbocycles. The van der Waals surface area contributed by atoms with Gasteiger partial charge in [-0.3, -0.25) is 0 Å². The number of methoxy groups -OCH3 is 3. The molecule has 0 atom stereocenters. The molecular weight excluding hydrogens is 400 g/mol. The van der Waals surface area contributed by atoms with Crippen LogP contribution in [0, 0.1) is 6.92 Å². The fraction of sp³-hybridized carbons (Fsp3) is 0.174. The Labute approximate surface area is 178 Å². The first kappa shape index (κ1) is 20.2. The number of carbonyl (C=O) groups is 1. The molecule has 8 heteroatoms. The van der Waals surface area contributed by atoms with E-state index < -0.39 is 5.97 Å². The summed E-state index contributed by atoms with van der Waals surface area (Å²) in [6.07, 6.45) is 1.59. The van der Waals surface area contributed by atoms with Gasteiger partial charge in [-0.15, -0.1) is 0 Å². The Hall–Kier alpha value is -4.07. The molecule has 2 heterocycles. The number of nitrogens with zero attached hydrogens (tertiary/aromatic N) is 2. The average Bonchev–Trinajstić information content (AvgIpc) is 3.35. The van der Waals surface area contributed by atoms with E-state index >= 15 is 0 Å². The molecular formula is C23H20N2O6. The minimum absolute atomic E-state index is 0.129. The van der Waals surface area contributed by atoms with Crippen LogP contribution in [0.5, 0.6) is 17.2 Å². The Morgan fingerprint density at radius 1 is 0.968 bits per heavy atom. The molecule has 0 N–H and O–H groups in total. The fourth-order valence-corrected chi connectivity index (χ4v) is 3.28. The van der Waals surface area contributed by atoms with Crippen molar-refractivity contribution in [2.24, 2.45) is 4.99 Å². The Morgan fingerprint density at radius 2 is 1.65 bits per heavy atom. The highest BCUT2D eigenvalue weighted by atomic mass is 16.6. The van der Waals surface area contributed by atoms with Gasteiger partial charge in [-0.2, -0.15) is 0 Å². The van der Waals surface area contributed by atoms with Crippen molar-refractivity contribution in [2.75, 3.05) is 21.3 Å². The maximum absolute atomic E-state index is 12.5. The number of hydrogen-bond donors (Lipinski definition) is 0.